The Morgan fingerprint density at radius 3 is 2.11 bits per heavy atom. The van der Waals surface area contributed by atoms with Crippen molar-refractivity contribution in [2.75, 3.05) is 20.1 Å². The van der Waals surface area contributed by atoms with Gasteiger partial charge in [-0.1, -0.05) is 34.6 Å². The number of aromatic amines is 1. The molecule has 2 fully saturated rings. The number of halogens is 6. The quantitative estimate of drug-likeness (QED) is 0.102. The Hall–Kier alpha value is -4.93. The van der Waals surface area contributed by atoms with Crippen LogP contribution in [-0.2, 0) is 32.1 Å². The Balaban J connectivity index is 1.44. The minimum Gasteiger partial charge on any atom is -0.352 e. The van der Waals surface area contributed by atoms with Crippen molar-refractivity contribution < 1.29 is 45.5 Å². The molecule has 2 aliphatic heterocycles. The van der Waals surface area contributed by atoms with Crippen molar-refractivity contribution in [3.05, 3.63) is 53.6 Å². The van der Waals surface area contributed by atoms with E-state index in [2.05, 4.69) is 15.6 Å². The number of nitrogens with one attached hydrogen (secondary N) is 3. The molecule has 2 aromatic heterocycles. The summed E-state index contributed by atoms with van der Waals surface area (Å²) in [4.78, 5) is 64.1. The SMILES string of the molecule is CC[C@H](CC(=O)[C@H](C)NC)C(=O)N1CC(F)(F)C[C@H]1Cc1c(-c2nc3cc(F)ccc3n2C[C@@H]2CC(F)(F)CN2C(=O)[C@@H](NC(=O)[C@H](C)CC)C(C)C)[nH]c2cc(F)ccc12. The molecule has 0 aliphatic carbocycles. The van der Waals surface area contributed by atoms with Crippen LogP contribution in [0.4, 0.5) is 26.3 Å². The van der Waals surface area contributed by atoms with Gasteiger partial charge in [-0.3, -0.25) is 19.2 Å². The van der Waals surface area contributed by atoms with E-state index in [4.69, 9.17) is 4.98 Å². The number of hydrogen-bond donors (Lipinski definition) is 3. The Kier molecular flexibility index (Phi) is 13.3. The van der Waals surface area contributed by atoms with Crippen LogP contribution in [0.5, 0.6) is 0 Å². The molecule has 2 aromatic carbocycles. The number of carbonyl (C=O) groups excluding carboxylic acids is 4. The van der Waals surface area contributed by atoms with Gasteiger partial charge in [-0.05, 0) is 75.0 Å². The topological polar surface area (TPSA) is 132 Å². The predicted octanol–water partition coefficient (Wildman–Crippen LogP) is 7.26. The highest BCUT2D eigenvalue weighted by Gasteiger charge is 2.50. The van der Waals surface area contributed by atoms with Crippen LogP contribution in [0.1, 0.15) is 79.2 Å². The van der Waals surface area contributed by atoms with Crippen molar-refractivity contribution >= 4 is 45.4 Å². The third-order valence-corrected chi connectivity index (χ3v) is 12.5. The second-order valence-electron chi connectivity index (χ2n) is 17.2. The lowest BCUT2D eigenvalue weighted by Gasteiger charge is -2.31. The summed E-state index contributed by atoms with van der Waals surface area (Å²) in [6.45, 7) is 8.25. The van der Waals surface area contributed by atoms with Crippen molar-refractivity contribution in [3.63, 3.8) is 0 Å². The summed E-state index contributed by atoms with van der Waals surface area (Å²) in [7, 11) is 1.61. The maximum Gasteiger partial charge on any atom is 0.267 e. The molecule has 0 bridgehead atoms. The molecule has 0 unspecified atom stereocenters. The number of benzene rings is 2. The van der Waals surface area contributed by atoms with Crippen molar-refractivity contribution in [3.8, 4) is 11.5 Å². The van der Waals surface area contributed by atoms with E-state index in [1.165, 1.54) is 30.3 Å². The van der Waals surface area contributed by atoms with Gasteiger partial charge in [0, 0.05) is 60.7 Å². The Bertz CT molecular complexity index is 2290. The molecule has 11 nitrogen and oxygen atoms in total. The van der Waals surface area contributed by atoms with Crippen molar-refractivity contribution in [1.29, 1.82) is 0 Å². The Morgan fingerprint density at radius 1 is 0.869 bits per heavy atom. The Labute approximate surface area is 351 Å². The fraction of sp³-hybridized carbons (Fsp3) is 0.568. The minimum atomic E-state index is -3.30. The highest BCUT2D eigenvalue weighted by atomic mass is 19.3. The number of H-pyrrole nitrogens is 1. The number of carbonyl (C=O) groups is 4. The van der Waals surface area contributed by atoms with E-state index in [-0.39, 0.29) is 60.0 Å². The zero-order valence-electron chi connectivity index (χ0n) is 35.6. The highest BCUT2D eigenvalue weighted by Crippen LogP contribution is 2.41. The van der Waals surface area contributed by atoms with Crippen LogP contribution in [0.15, 0.2) is 36.4 Å². The summed E-state index contributed by atoms with van der Waals surface area (Å²) >= 11 is 0. The molecule has 3 amide bonds. The maximum atomic E-state index is 15.5. The van der Waals surface area contributed by atoms with Crippen LogP contribution >= 0.6 is 0 Å². The lowest BCUT2D eigenvalue weighted by molar-refractivity contribution is -0.140. The molecule has 0 spiro atoms. The first-order valence-corrected chi connectivity index (χ1v) is 21.0. The number of amides is 3. The number of hydrogen-bond acceptors (Lipinski definition) is 6. The molecule has 0 saturated carbocycles. The van der Waals surface area contributed by atoms with Gasteiger partial charge < -0.3 is 30.0 Å². The summed E-state index contributed by atoms with van der Waals surface area (Å²) in [5.41, 5.74) is 1.28. The molecular formula is C44H55F6N7O4. The van der Waals surface area contributed by atoms with Crippen molar-refractivity contribution in [1.82, 2.24) is 35.0 Å². The third-order valence-electron chi connectivity index (χ3n) is 12.5. The van der Waals surface area contributed by atoms with E-state index >= 15 is 17.6 Å². The molecule has 3 N–H and O–H groups in total. The van der Waals surface area contributed by atoms with Crippen LogP contribution in [0.3, 0.4) is 0 Å². The predicted molar refractivity (Wildman–Crippen MR) is 219 cm³/mol. The number of Topliss-reactive ketones (excluding diaryl/α,β-unsaturated/α-hetero) is 1. The molecule has 0 radical (unpaired) electrons. The first-order chi connectivity index (χ1) is 28.7. The molecule has 6 rings (SSSR count). The fourth-order valence-electron chi connectivity index (χ4n) is 8.61. The Morgan fingerprint density at radius 2 is 1.49 bits per heavy atom. The molecule has 4 heterocycles. The monoisotopic (exact) mass is 859 g/mol. The average molecular weight is 860 g/mol. The lowest BCUT2D eigenvalue weighted by atomic mass is 9.94. The number of likely N-dealkylation sites (tertiary alicyclic amines) is 2. The first-order valence-electron chi connectivity index (χ1n) is 21.0. The lowest BCUT2D eigenvalue weighted by Crippen LogP contribution is -2.54. The van der Waals surface area contributed by atoms with Crippen LogP contribution in [-0.4, -0.2) is 104 Å². The van der Waals surface area contributed by atoms with Gasteiger partial charge in [0.05, 0.1) is 41.9 Å². The maximum absolute atomic E-state index is 15.5. The van der Waals surface area contributed by atoms with Gasteiger partial charge in [0.15, 0.2) is 5.82 Å². The van der Waals surface area contributed by atoms with Crippen LogP contribution in [0, 0.1) is 29.4 Å². The van der Waals surface area contributed by atoms with Gasteiger partial charge in [0.25, 0.3) is 11.8 Å². The molecule has 2 saturated heterocycles. The number of aromatic nitrogens is 3. The fourth-order valence-corrected chi connectivity index (χ4v) is 8.61. The second-order valence-corrected chi connectivity index (χ2v) is 17.2. The van der Waals surface area contributed by atoms with E-state index in [1.807, 2.05) is 6.92 Å². The third kappa shape index (κ3) is 9.61. The number of rotatable bonds is 16. The number of fused-ring (bicyclic) bond motifs is 2. The highest BCUT2D eigenvalue weighted by molar-refractivity contribution is 5.93. The summed E-state index contributed by atoms with van der Waals surface area (Å²) in [5, 5.41) is 6.03. The van der Waals surface area contributed by atoms with E-state index in [1.54, 1.807) is 46.2 Å². The summed E-state index contributed by atoms with van der Waals surface area (Å²) in [6, 6.07) is 3.76. The number of nitrogens with zero attached hydrogens (tertiary/aromatic N) is 4. The molecular weight excluding hydrogens is 805 g/mol. The number of ketones is 1. The number of imidazole rings is 1. The molecule has 61 heavy (non-hydrogen) atoms. The van der Waals surface area contributed by atoms with Crippen LogP contribution in [0.2, 0.25) is 0 Å². The molecule has 4 aromatic rings. The van der Waals surface area contributed by atoms with E-state index in [0.717, 1.165) is 15.9 Å². The zero-order valence-corrected chi connectivity index (χ0v) is 35.6. The van der Waals surface area contributed by atoms with Gasteiger partial charge in [-0.25, -0.2) is 31.3 Å². The largest absolute Gasteiger partial charge is 0.352 e. The second kappa shape index (κ2) is 17.8. The van der Waals surface area contributed by atoms with Gasteiger partial charge in [0.1, 0.15) is 23.5 Å². The van der Waals surface area contributed by atoms with Crippen LogP contribution < -0.4 is 10.6 Å². The normalized spacial score (nSPS) is 20.7. The molecule has 6 atom stereocenters. The first kappa shape index (κ1) is 45.6. The molecule has 2 aliphatic rings. The average Bonchev–Trinajstić information content (AvgIpc) is 3.92. The van der Waals surface area contributed by atoms with Gasteiger partial charge >= 0.3 is 0 Å². The summed E-state index contributed by atoms with van der Waals surface area (Å²) in [5.74, 6) is -11.4. The molecule has 17 heteroatoms. The van der Waals surface area contributed by atoms with Crippen molar-refractivity contribution in [2.24, 2.45) is 17.8 Å². The van der Waals surface area contributed by atoms with E-state index < -0.39 is 103 Å². The number of alkyl halides is 4. The van der Waals surface area contributed by atoms with Gasteiger partial charge in [-0.2, -0.15) is 0 Å². The van der Waals surface area contributed by atoms with Crippen molar-refractivity contribution in [2.45, 2.75) is 123 Å². The van der Waals surface area contributed by atoms with E-state index in [0.29, 0.717) is 22.9 Å². The van der Waals surface area contributed by atoms with Gasteiger partial charge in [-0.15, -0.1) is 0 Å². The summed E-state index contributed by atoms with van der Waals surface area (Å²) < 4.78 is 92.9. The molecule has 332 valence electrons. The minimum absolute atomic E-state index is 0.0843. The summed E-state index contributed by atoms with van der Waals surface area (Å²) in [6.07, 6.45) is -1.03. The zero-order chi connectivity index (χ0) is 44.7. The number of likely N-dealkylation sites (N-methyl/N-ethyl adjacent to an activating group) is 1. The van der Waals surface area contributed by atoms with Gasteiger partial charge in [0.2, 0.25) is 17.7 Å². The van der Waals surface area contributed by atoms with E-state index in [9.17, 15) is 28.0 Å². The van der Waals surface area contributed by atoms with Crippen LogP contribution in [0.25, 0.3) is 33.5 Å². The smallest absolute Gasteiger partial charge is 0.267 e. The standard InChI is InChI=1S/C44H55F6N7O4/c1-8-24(5)40(59)54-37(23(3)4)42(61)57-22-44(49,50)19-30(57)20-55-35-13-11-28(46)16-34(35)53-39(55)38-32(31-12-10-27(45)15-33(31)52-38)17-29-18-43(47,48)21-56(29)41(60)26(9-2)14-36(58)25(6)51-7/h10-13,15-16,23-26,29-30,37,51-52H,8-9,14,17-22H2,1-7H3,(H,54,59)/t24-,25+,26-,29-,30+,37+/m1/s1.